The van der Waals surface area contributed by atoms with Crippen LogP contribution in [0.2, 0.25) is 0 Å². The van der Waals surface area contributed by atoms with Gasteiger partial charge in [-0.15, -0.1) is 0 Å². The molecule has 6 N–H and O–H groups in total. The summed E-state index contributed by atoms with van der Waals surface area (Å²) in [6.45, 7) is 1.45. The number of aliphatic imine (C=N–C) groups is 1. The van der Waals surface area contributed by atoms with E-state index in [0.717, 1.165) is 6.07 Å². The lowest BCUT2D eigenvalue weighted by Crippen LogP contribution is -2.23. The normalized spacial score (nSPS) is 12.5. The summed E-state index contributed by atoms with van der Waals surface area (Å²) in [5, 5.41) is 0. The van der Waals surface area contributed by atoms with Crippen LogP contribution in [-0.2, 0) is 6.18 Å². The minimum absolute atomic E-state index is 0.0191. The fraction of sp³-hybridized carbons (Fsp3) is 0.125. The molecule has 0 saturated carbocycles. The number of nitrogens with zero attached hydrogens (tertiary/aromatic N) is 2. The first-order valence-electron chi connectivity index (χ1n) is 6.89. The standard InChI is InChI=1S/C16H16F3N5/c1-9-7-11(8-12(23-9)16(17,18)19)13(20)14(24-15(21)22)10-5-3-2-4-6-10/h2-8H,20H2,1H3,(H4,21,22,24)/b14-13-. The Morgan fingerprint density at radius 2 is 1.62 bits per heavy atom. The highest BCUT2D eigenvalue weighted by Crippen LogP contribution is 2.31. The van der Waals surface area contributed by atoms with Crippen LogP contribution in [0, 0.1) is 6.92 Å². The van der Waals surface area contributed by atoms with Crippen LogP contribution in [0.15, 0.2) is 47.5 Å². The third kappa shape index (κ3) is 4.03. The van der Waals surface area contributed by atoms with E-state index >= 15 is 0 Å². The van der Waals surface area contributed by atoms with Crippen LogP contribution in [0.5, 0.6) is 0 Å². The minimum Gasteiger partial charge on any atom is -0.396 e. The maximum atomic E-state index is 13.0. The second-order valence-electron chi connectivity index (χ2n) is 5.05. The van der Waals surface area contributed by atoms with Gasteiger partial charge in [-0.1, -0.05) is 30.3 Å². The number of benzene rings is 1. The van der Waals surface area contributed by atoms with Crippen LogP contribution >= 0.6 is 0 Å². The number of halogens is 3. The monoisotopic (exact) mass is 335 g/mol. The summed E-state index contributed by atoms with van der Waals surface area (Å²) in [4.78, 5) is 7.46. The lowest BCUT2D eigenvalue weighted by Gasteiger charge is -2.12. The van der Waals surface area contributed by atoms with Gasteiger partial charge in [0.25, 0.3) is 0 Å². The van der Waals surface area contributed by atoms with Crippen molar-refractivity contribution >= 4 is 17.4 Å². The zero-order valence-electron chi connectivity index (χ0n) is 12.8. The maximum Gasteiger partial charge on any atom is 0.433 e. The number of hydrogen-bond donors (Lipinski definition) is 3. The second-order valence-corrected chi connectivity index (χ2v) is 5.05. The van der Waals surface area contributed by atoms with Gasteiger partial charge in [-0.2, -0.15) is 13.2 Å². The van der Waals surface area contributed by atoms with Gasteiger partial charge in [0, 0.05) is 16.8 Å². The molecular weight excluding hydrogens is 319 g/mol. The number of guanidine groups is 1. The van der Waals surface area contributed by atoms with E-state index in [2.05, 4.69) is 9.98 Å². The average molecular weight is 335 g/mol. The molecule has 0 spiro atoms. The van der Waals surface area contributed by atoms with Gasteiger partial charge >= 0.3 is 6.18 Å². The van der Waals surface area contributed by atoms with Gasteiger partial charge < -0.3 is 17.2 Å². The molecule has 2 aromatic rings. The third-order valence-electron chi connectivity index (χ3n) is 3.10. The number of rotatable bonds is 3. The molecule has 0 amide bonds. The lowest BCUT2D eigenvalue weighted by atomic mass is 10.0. The van der Waals surface area contributed by atoms with Crippen LogP contribution in [0.25, 0.3) is 11.4 Å². The fourth-order valence-electron chi connectivity index (χ4n) is 2.11. The Kier molecular flexibility index (Phi) is 4.77. The molecule has 0 bridgehead atoms. The summed E-state index contributed by atoms with van der Waals surface area (Å²) in [6.07, 6.45) is -4.58. The van der Waals surface area contributed by atoms with E-state index in [-0.39, 0.29) is 28.6 Å². The van der Waals surface area contributed by atoms with E-state index in [0.29, 0.717) is 5.56 Å². The first-order valence-corrected chi connectivity index (χ1v) is 6.89. The zero-order valence-corrected chi connectivity index (χ0v) is 12.8. The summed E-state index contributed by atoms with van der Waals surface area (Å²) < 4.78 is 38.9. The molecule has 5 nitrogen and oxygen atoms in total. The molecule has 24 heavy (non-hydrogen) atoms. The Morgan fingerprint density at radius 1 is 1.00 bits per heavy atom. The molecule has 1 heterocycles. The van der Waals surface area contributed by atoms with Crippen LogP contribution in [0.1, 0.15) is 22.5 Å². The van der Waals surface area contributed by atoms with Gasteiger partial charge in [-0.05, 0) is 19.1 Å². The van der Waals surface area contributed by atoms with E-state index in [1.54, 1.807) is 30.3 Å². The van der Waals surface area contributed by atoms with Crippen LogP contribution in [0.3, 0.4) is 0 Å². The molecule has 1 aromatic heterocycles. The summed E-state index contributed by atoms with van der Waals surface area (Å²) in [5.41, 5.74) is 17.0. The highest BCUT2D eigenvalue weighted by atomic mass is 19.4. The Bertz CT molecular complexity index is 791. The summed E-state index contributed by atoms with van der Waals surface area (Å²) >= 11 is 0. The third-order valence-corrected chi connectivity index (χ3v) is 3.10. The van der Waals surface area contributed by atoms with Gasteiger partial charge in [0.15, 0.2) is 5.96 Å². The smallest absolute Gasteiger partial charge is 0.396 e. The van der Waals surface area contributed by atoms with E-state index in [1.165, 1.54) is 13.0 Å². The first-order chi connectivity index (χ1) is 11.2. The highest BCUT2D eigenvalue weighted by Gasteiger charge is 2.33. The number of hydrogen-bond acceptors (Lipinski definition) is 3. The molecule has 126 valence electrons. The summed E-state index contributed by atoms with van der Waals surface area (Å²) in [7, 11) is 0. The first kappa shape index (κ1) is 17.3. The Labute approximate surface area is 136 Å². The van der Waals surface area contributed by atoms with Gasteiger partial charge in [-0.3, -0.25) is 0 Å². The molecule has 0 aliphatic heterocycles. The van der Waals surface area contributed by atoms with Crippen molar-refractivity contribution in [2.24, 2.45) is 22.2 Å². The van der Waals surface area contributed by atoms with Crippen molar-refractivity contribution in [2.45, 2.75) is 13.1 Å². The van der Waals surface area contributed by atoms with Crippen molar-refractivity contribution in [1.29, 1.82) is 0 Å². The molecule has 0 aliphatic carbocycles. The van der Waals surface area contributed by atoms with E-state index in [1.807, 2.05) is 0 Å². The maximum absolute atomic E-state index is 13.0. The Hall–Kier alpha value is -3.03. The largest absolute Gasteiger partial charge is 0.433 e. The molecule has 0 saturated heterocycles. The van der Waals surface area contributed by atoms with Crippen molar-refractivity contribution < 1.29 is 13.2 Å². The molecular formula is C16H16F3N5. The number of aryl methyl sites for hydroxylation is 1. The van der Waals surface area contributed by atoms with Crippen molar-refractivity contribution in [3.05, 3.63) is 65.0 Å². The van der Waals surface area contributed by atoms with E-state index in [4.69, 9.17) is 17.2 Å². The number of nitrogens with two attached hydrogens (primary N) is 3. The molecule has 0 aliphatic rings. The Morgan fingerprint density at radius 3 is 2.17 bits per heavy atom. The van der Waals surface area contributed by atoms with Gasteiger partial charge in [0.05, 0.1) is 11.4 Å². The number of pyridine rings is 1. The van der Waals surface area contributed by atoms with E-state index < -0.39 is 11.9 Å². The quantitative estimate of drug-likeness (QED) is 0.592. The molecule has 0 atom stereocenters. The summed E-state index contributed by atoms with van der Waals surface area (Å²) in [6, 6.07) is 11.0. The Balaban J connectivity index is 2.69. The molecule has 1 aromatic carbocycles. The molecule has 2 rings (SSSR count). The number of alkyl halides is 3. The van der Waals surface area contributed by atoms with Crippen molar-refractivity contribution in [3.8, 4) is 0 Å². The minimum atomic E-state index is -4.58. The molecule has 0 fully saturated rings. The SMILES string of the molecule is Cc1cc(/C(N)=C(/N=C(N)N)c2ccccc2)cc(C(F)(F)F)n1. The highest BCUT2D eigenvalue weighted by molar-refractivity contribution is 5.94. The molecule has 0 unspecified atom stereocenters. The van der Waals surface area contributed by atoms with E-state index in [9.17, 15) is 13.2 Å². The van der Waals surface area contributed by atoms with Crippen molar-refractivity contribution in [3.63, 3.8) is 0 Å². The van der Waals surface area contributed by atoms with Crippen LogP contribution in [-0.4, -0.2) is 10.9 Å². The van der Waals surface area contributed by atoms with Crippen molar-refractivity contribution in [1.82, 2.24) is 4.98 Å². The predicted molar refractivity (Wildman–Crippen MR) is 87.2 cm³/mol. The predicted octanol–water partition coefficient (Wildman–Crippen LogP) is 2.47. The lowest BCUT2D eigenvalue weighted by molar-refractivity contribution is -0.141. The topological polar surface area (TPSA) is 103 Å². The van der Waals surface area contributed by atoms with Crippen LogP contribution < -0.4 is 17.2 Å². The average Bonchev–Trinajstić information content (AvgIpc) is 2.51. The van der Waals surface area contributed by atoms with Crippen LogP contribution in [0.4, 0.5) is 13.2 Å². The summed E-state index contributed by atoms with van der Waals surface area (Å²) in [5.74, 6) is -0.251. The fourth-order valence-corrected chi connectivity index (χ4v) is 2.11. The number of aromatic nitrogens is 1. The second kappa shape index (κ2) is 6.61. The van der Waals surface area contributed by atoms with Gasteiger partial charge in [0.2, 0.25) is 0 Å². The zero-order chi connectivity index (χ0) is 17.9. The van der Waals surface area contributed by atoms with Gasteiger partial charge in [-0.25, -0.2) is 9.98 Å². The van der Waals surface area contributed by atoms with Crippen molar-refractivity contribution in [2.75, 3.05) is 0 Å². The molecule has 0 radical (unpaired) electrons. The molecule has 8 heteroatoms. The van der Waals surface area contributed by atoms with Gasteiger partial charge in [0.1, 0.15) is 5.69 Å².